The van der Waals surface area contributed by atoms with Crippen molar-refractivity contribution in [3.63, 3.8) is 0 Å². The molecule has 0 bridgehead atoms. The van der Waals surface area contributed by atoms with Crippen LogP contribution < -0.4 is 5.73 Å². The van der Waals surface area contributed by atoms with E-state index in [4.69, 9.17) is 5.73 Å². The number of carbonyl (C=O) groups excluding carboxylic acids is 1. The van der Waals surface area contributed by atoms with E-state index in [2.05, 4.69) is 11.9 Å². The van der Waals surface area contributed by atoms with Crippen LogP contribution in [0.1, 0.15) is 22.4 Å². The minimum atomic E-state index is 0.0861. The number of nitrogens with zero attached hydrogens (tertiary/aromatic N) is 2. The predicted octanol–water partition coefficient (Wildman–Crippen LogP) is 2.49. The Hall–Kier alpha value is -1.88. The van der Waals surface area contributed by atoms with Crippen LogP contribution >= 0.6 is 11.3 Å². The molecular weight excluding hydrogens is 270 g/mol. The number of carbonyl (C=O) groups is 1. The zero-order chi connectivity index (χ0) is 14.5. The molecule has 0 fully saturated rings. The van der Waals surface area contributed by atoms with Gasteiger partial charge in [-0.1, -0.05) is 19.1 Å². The molecule has 0 unspecified atom stereocenters. The molecule has 2 rings (SSSR count). The summed E-state index contributed by atoms with van der Waals surface area (Å²) in [6.45, 7) is 2.67. The van der Waals surface area contributed by atoms with Gasteiger partial charge in [0.1, 0.15) is 5.01 Å². The lowest BCUT2D eigenvalue weighted by Gasteiger charge is -2.15. The number of likely N-dealkylation sites (N-methyl/N-ethyl adjacent to an activating group) is 1. The van der Waals surface area contributed by atoms with E-state index in [1.165, 1.54) is 4.88 Å². The van der Waals surface area contributed by atoms with Crippen LogP contribution in [0.3, 0.4) is 0 Å². The molecule has 0 atom stereocenters. The normalized spacial score (nSPS) is 10.5. The van der Waals surface area contributed by atoms with Crippen LogP contribution in [0, 0.1) is 0 Å². The molecule has 0 spiro atoms. The molecule has 2 aromatic rings. The van der Waals surface area contributed by atoms with E-state index in [9.17, 15) is 4.79 Å². The van der Waals surface area contributed by atoms with E-state index in [1.807, 2.05) is 37.5 Å². The zero-order valence-corrected chi connectivity index (χ0v) is 12.6. The maximum absolute atomic E-state index is 12.1. The van der Waals surface area contributed by atoms with Crippen molar-refractivity contribution in [2.24, 2.45) is 0 Å². The van der Waals surface area contributed by atoms with E-state index in [1.54, 1.807) is 16.2 Å². The first kappa shape index (κ1) is 14.5. The highest BCUT2D eigenvalue weighted by Crippen LogP contribution is 2.15. The quantitative estimate of drug-likeness (QED) is 0.860. The molecule has 2 N–H and O–H groups in total. The summed E-state index contributed by atoms with van der Waals surface area (Å²) in [7, 11) is 1.81. The summed E-state index contributed by atoms with van der Waals surface area (Å²) in [5.74, 6) is 0.0861. The molecule has 4 nitrogen and oxygen atoms in total. The summed E-state index contributed by atoms with van der Waals surface area (Å²) < 4.78 is 0. The molecule has 0 radical (unpaired) electrons. The Morgan fingerprint density at radius 3 is 2.65 bits per heavy atom. The number of hydrogen-bond acceptors (Lipinski definition) is 4. The fraction of sp³-hybridized carbons (Fsp3) is 0.333. The van der Waals surface area contributed by atoms with Crippen molar-refractivity contribution in [3.8, 4) is 0 Å². The van der Waals surface area contributed by atoms with Crippen molar-refractivity contribution in [1.82, 2.24) is 9.88 Å². The first-order valence-electron chi connectivity index (χ1n) is 6.60. The van der Waals surface area contributed by atoms with Gasteiger partial charge in [-0.05, 0) is 24.1 Å². The minimum Gasteiger partial charge on any atom is -0.399 e. The van der Waals surface area contributed by atoms with E-state index < -0.39 is 0 Å². The van der Waals surface area contributed by atoms with Crippen molar-refractivity contribution in [1.29, 1.82) is 0 Å². The number of anilines is 1. The topological polar surface area (TPSA) is 59.2 Å². The third kappa shape index (κ3) is 3.81. The van der Waals surface area contributed by atoms with Crippen LogP contribution in [-0.4, -0.2) is 22.8 Å². The van der Waals surface area contributed by atoms with Gasteiger partial charge in [0.2, 0.25) is 5.91 Å². The number of aromatic nitrogens is 1. The molecule has 1 amide bonds. The van der Waals surface area contributed by atoms with Crippen LogP contribution in [0.5, 0.6) is 0 Å². The number of nitrogens with two attached hydrogens (primary N) is 1. The lowest BCUT2D eigenvalue weighted by molar-refractivity contribution is -0.129. The third-order valence-electron chi connectivity index (χ3n) is 3.08. The SMILES string of the molecule is CCc1cnc(CN(C)C(=O)Cc2ccc(N)cc2)s1. The number of hydrogen-bond donors (Lipinski definition) is 1. The molecule has 0 saturated carbocycles. The summed E-state index contributed by atoms with van der Waals surface area (Å²) in [6, 6.07) is 7.41. The lowest BCUT2D eigenvalue weighted by atomic mass is 10.1. The second-order valence-corrected chi connectivity index (χ2v) is 5.94. The molecule has 0 aliphatic carbocycles. The van der Waals surface area contributed by atoms with Crippen LogP contribution in [0.2, 0.25) is 0 Å². The van der Waals surface area contributed by atoms with E-state index in [0.717, 1.165) is 17.0 Å². The summed E-state index contributed by atoms with van der Waals surface area (Å²) in [4.78, 5) is 19.5. The minimum absolute atomic E-state index is 0.0861. The van der Waals surface area contributed by atoms with Crippen molar-refractivity contribution in [3.05, 3.63) is 45.9 Å². The van der Waals surface area contributed by atoms with E-state index in [-0.39, 0.29) is 5.91 Å². The van der Waals surface area contributed by atoms with Gasteiger partial charge >= 0.3 is 0 Å². The molecule has 0 aliphatic heterocycles. The maximum Gasteiger partial charge on any atom is 0.227 e. The van der Waals surface area contributed by atoms with Crippen molar-refractivity contribution in [2.45, 2.75) is 26.3 Å². The highest BCUT2D eigenvalue weighted by molar-refractivity contribution is 7.11. The molecule has 1 aromatic carbocycles. The summed E-state index contributed by atoms with van der Waals surface area (Å²) in [5, 5.41) is 0.981. The van der Waals surface area contributed by atoms with Gasteiger partial charge in [0.15, 0.2) is 0 Å². The Kier molecular flexibility index (Phi) is 4.74. The molecular formula is C15H19N3OS. The average molecular weight is 289 g/mol. The zero-order valence-electron chi connectivity index (χ0n) is 11.8. The summed E-state index contributed by atoms with van der Waals surface area (Å²) >= 11 is 1.67. The highest BCUT2D eigenvalue weighted by Gasteiger charge is 2.12. The first-order valence-corrected chi connectivity index (χ1v) is 7.42. The van der Waals surface area contributed by atoms with Gasteiger partial charge in [0.05, 0.1) is 13.0 Å². The third-order valence-corrected chi connectivity index (χ3v) is 4.21. The Bertz CT molecular complexity index is 577. The Balaban J connectivity index is 1.93. The van der Waals surface area contributed by atoms with Crippen LogP contribution in [0.4, 0.5) is 5.69 Å². The Labute approximate surface area is 123 Å². The lowest BCUT2D eigenvalue weighted by Crippen LogP contribution is -2.27. The number of rotatable bonds is 5. The monoisotopic (exact) mass is 289 g/mol. The van der Waals surface area contributed by atoms with Crippen molar-refractivity contribution in [2.75, 3.05) is 12.8 Å². The standard InChI is InChI=1S/C15H19N3OS/c1-3-13-9-17-14(20-13)10-18(2)15(19)8-11-4-6-12(16)7-5-11/h4-7,9H,3,8,10,16H2,1-2H3. The van der Waals surface area contributed by atoms with Gasteiger partial charge in [-0.25, -0.2) is 4.98 Å². The second kappa shape index (κ2) is 6.52. The van der Waals surface area contributed by atoms with Gasteiger partial charge < -0.3 is 10.6 Å². The smallest absolute Gasteiger partial charge is 0.227 e. The van der Waals surface area contributed by atoms with Gasteiger partial charge in [-0.3, -0.25) is 4.79 Å². The predicted molar refractivity (Wildman–Crippen MR) is 82.5 cm³/mol. The van der Waals surface area contributed by atoms with E-state index >= 15 is 0 Å². The fourth-order valence-corrected chi connectivity index (χ4v) is 2.74. The number of benzene rings is 1. The molecule has 106 valence electrons. The highest BCUT2D eigenvalue weighted by atomic mass is 32.1. The average Bonchev–Trinajstić information content (AvgIpc) is 2.89. The molecule has 0 aliphatic rings. The number of nitrogen functional groups attached to an aromatic ring is 1. The number of amides is 1. The van der Waals surface area contributed by atoms with Crippen LogP contribution in [0.15, 0.2) is 30.5 Å². The Morgan fingerprint density at radius 2 is 2.05 bits per heavy atom. The largest absolute Gasteiger partial charge is 0.399 e. The fourth-order valence-electron chi connectivity index (χ4n) is 1.82. The number of aryl methyl sites for hydroxylation is 1. The van der Waals surface area contributed by atoms with Gasteiger partial charge in [0.25, 0.3) is 0 Å². The summed E-state index contributed by atoms with van der Waals surface area (Å²) in [5.41, 5.74) is 7.32. The van der Waals surface area contributed by atoms with Gasteiger partial charge in [-0.2, -0.15) is 0 Å². The van der Waals surface area contributed by atoms with Gasteiger partial charge in [-0.15, -0.1) is 11.3 Å². The molecule has 0 saturated heterocycles. The summed E-state index contributed by atoms with van der Waals surface area (Å²) in [6.07, 6.45) is 3.27. The first-order chi connectivity index (χ1) is 9.58. The number of thiazole rings is 1. The van der Waals surface area contributed by atoms with Crippen molar-refractivity contribution >= 4 is 22.9 Å². The van der Waals surface area contributed by atoms with Crippen LogP contribution in [-0.2, 0) is 24.2 Å². The second-order valence-electron chi connectivity index (χ2n) is 4.74. The maximum atomic E-state index is 12.1. The molecule has 5 heteroatoms. The Morgan fingerprint density at radius 1 is 1.35 bits per heavy atom. The molecule has 1 heterocycles. The van der Waals surface area contributed by atoms with Crippen molar-refractivity contribution < 1.29 is 4.79 Å². The van der Waals surface area contributed by atoms with E-state index in [0.29, 0.717) is 18.7 Å². The van der Waals surface area contributed by atoms with Gasteiger partial charge in [0, 0.05) is 23.8 Å². The molecule has 1 aromatic heterocycles. The van der Waals surface area contributed by atoms with Crippen LogP contribution in [0.25, 0.3) is 0 Å². The molecule has 20 heavy (non-hydrogen) atoms.